The van der Waals surface area contributed by atoms with E-state index in [4.69, 9.17) is 27.2 Å². The molecule has 7 nitrogen and oxygen atoms in total. The number of carbonyl (C=O) groups is 1. The van der Waals surface area contributed by atoms with Crippen LogP contribution in [0.3, 0.4) is 0 Å². The molecule has 1 heterocycles. The van der Waals surface area contributed by atoms with Gasteiger partial charge >= 0.3 is 5.97 Å². The van der Waals surface area contributed by atoms with Crippen LogP contribution >= 0.6 is 11.6 Å². The summed E-state index contributed by atoms with van der Waals surface area (Å²) in [5, 5.41) is 9.17. The monoisotopic (exact) mass is 460 g/mol. The molecule has 3 rings (SSSR count). The Morgan fingerprint density at radius 2 is 2.00 bits per heavy atom. The lowest BCUT2D eigenvalue weighted by atomic mass is 10.0. The van der Waals surface area contributed by atoms with Gasteiger partial charge in [0.25, 0.3) is 0 Å². The molecule has 3 N–H and O–H groups in total. The van der Waals surface area contributed by atoms with Gasteiger partial charge in [-0.05, 0) is 63.3 Å². The molecule has 0 radical (unpaired) electrons. The second kappa shape index (κ2) is 10.1. The summed E-state index contributed by atoms with van der Waals surface area (Å²) in [6.07, 6.45) is 2.00. The summed E-state index contributed by atoms with van der Waals surface area (Å²) in [5.74, 6) is -0.0284. The minimum absolute atomic E-state index is 0.0684. The minimum atomic E-state index is -1.14. The van der Waals surface area contributed by atoms with Crippen molar-refractivity contribution >= 4 is 17.6 Å². The molecule has 1 atom stereocenters. The standard InChI is InChI=1S/C23H26ClFN4O3/c1-28(2)13-22-27-12-20(29(22)3)14-4-6-16(7-5-14)32-21-11-15(24)10-18(25)17(21)8-9-19(26)23(30)31/h4-7,10-12,19H,8-9,13,26H2,1-3H3,(H,30,31)/t19-/m0/s1. The van der Waals surface area contributed by atoms with E-state index in [0.717, 1.165) is 23.6 Å². The fourth-order valence-electron chi connectivity index (χ4n) is 3.30. The van der Waals surface area contributed by atoms with Crippen molar-refractivity contribution in [1.82, 2.24) is 14.5 Å². The highest BCUT2D eigenvalue weighted by Gasteiger charge is 2.18. The van der Waals surface area contributed by atoms with Crippen LogP contribution in [-0.4, -0.2) is 45.7 Å². The van der Waals surface area contributed by atoms with Crippen LogP contribution < -0.4 is 10.5 Å². The highest BCUT2D eigenvalue weighted by molar-refractivity contribution is 6.30. The summed E-state index contributed by atoms with van der Waals surface area (Å²) < 4.78 is 22.5. The molecule has 0 aliphatic heterocycles. The van der Waals surface area contributed by atoms with Crippen molar-refractivity contribution in [2.45, 2.75) is 25.4 Å². The van der Waals surface area contributed by atoms with Gasteiger partial charge in [-0.15, -0.1) is 0 Å². The lowest BCUT2D eigenvalue weighted by Crippen LogP contribution is -2.30. The first-order valence-corrected chi connectivity index (χ1v) is 10.4. The molecule has 0 saturated heterocycles. The number of aliphatic carboxylic acids is 1. The van der Waals surface area contributed by atoms with Crippen molar-refractivity contribution < 1.29 is 19.0 Å². The van der Waals surface area contributed by atoms with Crippen molar-refractivity contribution in [3.63, 3.8) is 0 Å². The predicted octanol–water partition coefficient (Wildman–Crippen LogP) is 4.08. The van der Waals surface area contributed by atoms with E-state index in [1.54, 1.807) is 12.1 Å². The van der Waals surface area contributed by atoms with Gasteiger partial charge in [0.1, 0.15) is 29.2 Å². The number of aromatic nitrogens is 2. The summed E-state index contributed by atoms with van der Waals surface area (Å²) in [6.45, 7) is 0.729. The third-order valence-corrected chi connectivity index (χ3v) is 5.28. The number of rotatable bonds is 9. The number of ether oxygens (including phenoxy) is 1. The van der Waals surface area contributed by atoms with E-state index in [1.165, 1.54) is 12.1 Å². The quantitative estimate of drug-likeness (QED) is 0.499. The number of carboxylic acids is 1. The van der Waals surface area contributed by atoms with E-state index in [-0.39, 0.29) is 29.2 Å². The second-order valence-electron chi connectivity index (χ2n) is 7.83. The van der Waals surface area contributed by atoms with Gasteiger partial charge in [-0.3, -0.25) is 4.79 Å². The molecule has 1 aromatic heterocycles. The molecule has 0 amide bonds. The smallest absolute Gasteiger partial charge is 0.320 e. The molecule has 0 fully saturated rings. The van der Waals surface area contributed by atoms with Gasteiger partial charge < -0.3 is 25.0 Å². The first kappa shape index (κ1) is 23.7. The summed E-state index contributed by atoms with van der Waals surface area (Å²) in [5.41, 5.74) is 7.72. The number of hydrogen-bond donors (Lipinski definition) is 2. The Hall–Kier alpha value is -2.94. The molecule has 9 heteroatoms. The Morgan fingerprint density at radius 3 is 2.62 bits per heavy atom. The number of nitrogens with two attached hydrogens (primary N) is 1. The molecule has 3 aromatic rings. The molecular formula is C23H26ClFN4O3. The van der Waals surface area contributed by atoms with Crippen LogP contribution in [0.5, 0.6) is 11.5 Å². The van der Waals surface area contributed by atoms with Crippen LogP contribution in [0.25, 0.3) is 11.3 Å². The molecule has 170 valence electrons. The van der Waals surface area contributed by atoms with E-state index in [9.17, 15) is 9.18 Å². The van der Waals surface area contributed by atoms with Crippen LogP contribution in [0.2, 0.25) is 5.02 Å². The fourth-order valence-corrected chi connectivity index (χ4v) is 3.50. The van der Waals surface area contributed by atoms with E-state index in [0.29, 0.717) is 5.75 Å². The molecule has 2 aromatic carbocycles. The van der Waals surface area contributed by atoms with Crippen molar-refractivity contribution in [3.05, 3.63) is 64.8 Å². The Morgan fingerprint density at radius 1 is 1.31 bits per heavy atom. The fraction of sp³-hybridized carbons (Fsp3) is 0.304. The second-order valence-corrected chi connectivity index (χ2v) is 8.27. The van der Waals surface area contributed by atoms with Gasteiger partial charge in [0.2, 0.25) is 0 Å². The molecule has 0 unspecified atom stereocenters. The Kier molecular flexibility index (Phi) is 7.50. The summed E-state index contributed by atoms with van der Waals surface area (Å²) in [7, 11) is 5.94. The third-order valence-electron chi connectivity index (χ3n) is 5.06. The minimum Gasteiger partial charge on any atom is -0.480 e. The molecule has 0 bridgehead atoms. The predicted molar refractivity (Wildman–Crippen MR) is 121 cm³/mol. The van der Waals surface area contributed by atoms with Gasteiger partial charge in [0, 0.05) is 23.2 Å². The zero-order valence-corrected chi connectivity index (χ0v) is 18.9. The summed E-state index contributed by atoms with van der Waals surface area (Å²) in [4.78, 5) is 17.5. The zero-order chi connectivity index (χ0) is 23.4. The van der Waals surface area contributed by atoms with E-state index in [2.05, 4.69) is 4.98 Å². The first-order chi connectivity index (χ1) is 15.2. The number of imidazole rings is 1. The Balaban J connectivity index is 1.81. The number of hydrogen-bond acceptors (Lipinski definition) is 5. The van der Waals surface area contributed by atoms with Gasteiger partial charge in [-0.1, -0.05) is 11.6 Å². The van der Waals surface area contributed by atoms with Gasteiger partial charge in [-0.2, -0.15) is 0 Å². The number of benzene rings is 2. The molecule has 0 aliphatic rings. The van der Waals surface area contributed by atoms with Crippen LogP contribution in [0, 0.1) is 5.82 Å². The average Bonchev–Trinajstić information content (AvgIpc) is 3.07. The SMILES string of the molecule is CN(C)Cc1ncc(-c2ccc(Oc3cc(Cl)cc(F)c3CC[C@H](N)C(=O)O)cc2)n1C. The van der Waals surface area contributed by atoms with E-state index in [1.807, 2.05) is 48.9 Å². The first-order valence-electron chi connectivity index (χ1n) is 10.1. The largest absolute Gasteiger partial charge is 0.480 e. The maximum Gasteiger partial charge on any atom is 0.320 e. The highest BCUT2D eigenvalue weighted by Crippen LogP contribution is 2.33. The average molecular weight is 461 g/mol. The topological polar surface area (TPSA) is 93.6 Å². The van der Waals surface area contributed by atoms with Gasteiger partial charge in [0.15, 0.2) is 0 Å². The van der Waals surface area contributed by atoms with Gasteiger partial charge in [-0.25, -0.2) is 9.37 Å². The van der Waals surface area contributed by atoms with Crippen molar-refractivity contribution in [1.29, 1.82) is 0 Å². The van der Waals surface area contributed by atoms with E-state index < -0.39 is 17.8 Å². The summed E-state index contributed by atoms with van der Waals surface area (Å²) in [6, 6.07) is 8.94. The zero-order valence-electron chi connectivity index (χ0n) is 18.2. The third kappa shape index (κ3) is 5.64. The lowest BCUT2D eigenvalue weighted by molar-refractivity contribution is -0.138. The molecule has 0 aliphatic carbocycles. The number of nitrogens with zero attached hydrogens (tertiary/aromatic N) is 3. The van der Waals surface area contributed by atoms with Crippen LogP contribution in [0.4, 0.5) is 4.39 Å². The van der Waals surface area contributed by atoms with Gasteiger partial charge in [0.05, 0.1) is 18.4 Å². The molecule has 32 heavy (non-hydrogen) atoms. The highest BCUT2D eigenvalue weighted by atomic mass is 35.5. The molecular weight excluding hydrogens is 435 g/mol. The number of halogens is 2. The van der Waals surface area contributed by atoms with Crippen LogP contribution in [0.15, 0.2) is 42.6 Å². The lowest BCUT2D eigenvalue weighted by Gasteiger charge is -2.14. The maximum atomic E-state index is 14.5. The van der Waals surface area contributed by atoms with E-state index >= 15 is 0 Å². The molecule has 0 spiro atoms. The van der Waals surface area contributed by atoms with Crippen LogP contribution in [0.1, 0.15) is 17.8 Å². The summed E-state index contributed by atoms with van der Waals surface area (Å²) >= 11 is 6.01. The normalized spacial score (nSPS) is 12.2. The van der Waals surface area contributed by atoms with Crippen LogP contribution in [-0.2, 0) is 24.8 Å². The number of carboxylic acid groups (broad SMARTS) is 1. The Labute approximate surface area is 191 Å². The van der Waals surface area contributed by atoms with Crippen molar-refractivity contribution in [2.24, 2.45) is 12.8 Å². The molecule has 0 saturated carbocycles. The van der Waals surface area contributed by atoms with Crippen molar-refractivity contribution in [2.75, 3.05) is 14.1 Å². The van der Waals surface area contributed by atoms with Crippen molar-refractivity contribution in [3.8, 4) is 22.8 Å². The maximum absolute atomic E-state index is 14.5. The Bertz CT molecular complexity index is 1100.